The highest BCUT2D eigenvalue weighted by Crippen LogP contribution is 2.13. The van der Waals surface area contributed by atoms with Crippen molar-refractivity contribution in [2.75, 3.05) is 33.4 Å². The summed E-state index contributed by atoms with van der Waals surface area (Å²) < 4.78 is 29.5. The Morgan fingerprint density at radius 2 is 0.885 bits per heavy atom. The van der Waals surface area contributed by atoms with Gasteiger partial charge in [-0.05, 0) is 12.8 Å². The molecule has 0 heterocycles. The van der Waals surface area contributed by atoms with Crippen molar-refractivity contribution in [1.29, 1.82) is 0 Å². The second-order valence-electron chi connectivity index (χ2n) is 8.46. The maximum absolute atomic E-state index is 9.44. The summed E-state index contributed by atoms with van der Waals surface area (Å²) in [5, 5.41) is 0. The summed E-state index contributed by atoms with van der Waals surface area (Å²) in [5.41, 5.74) is 0. The molecule has 0 spiro atoms. The van der Waals surface area contributed by atoms with Gasteiger partial charge in [0.2, 0.25) is 0 Å². The Hall–Kier alpha value is -0.130. The summed E-state index contributed by atoms with van der Waals surface area (Å²) in [6.45, 7) is 4.93. The lowest BCUT2D eigenvalue weighted by Crippen LogP contribution is -2.35. The molecule has 4 nitrogen and oxygen atoms in total. The Labute approximate surface area is 165 Å². The Morgan fingerprint density at radius 3 is 1.12 bits per heavy atom. The van der Waals surface area contributed by atoms with Crippen molar-refractivity contribution in [3.8, 4) is 0 Å². The normalized spacial score (nSPS) is 11.9. The van der Waals surface area contributed by atoms with E-state index in [-0.39, 0.29) is 5.75 Å². The van der Waals surface area contributed by atoms with Crippen LogP contribution in [0.4, 0.5) is 0 Å². The summed E-state index contributed by atoms with van der Waals surface area (Å²) in [6.07, 6.45) is 20.4. The molecule has 0 unspecified atom stereocenters. The third-order valence-corrected chi connectivity index (χ3v) is 5.24. The van der Waals surface area contributed by atoms with Gasteiger partial charge in [-0.2, -0.15) is 0 Å². The van der Waals surface area contributed by atoms with Crippen LogP contribution in [0.1, 0.15) is 104 Å². The van der Waals surface area contributed by atoms with Crippen LogP contribution in [0.25, 0.3) is 0 Å². The highest BCUT2D eigenvalue weighted by atomic mass is 32.2. The molecule has 160 valence electrons. The maximum atomic E-state index is 9.44. The van der Waals surface area contributed by atoms with Gasteiger partial charge < -0.3 is 9.04 Å². The molecule has 0 aromatic rings. The molecule has 0 rings (SSSR count). The Kier molecular flexibility index (Phi) is 19.7. The minimum absolute atomic E-state index is 0.312. The van der Waals surface area contributed by atoms with E-state index in [0.29, 0.717) is 0 Å². The van der Waals surface area contributed by atoms with Crippen LogP contribution in [0, 0.1) is 0 Å². The van der Waals surface area contributed by atoms with Gasteiger partial charge in [-0.15, -0.1) is 0 Å². The number of quaternary nitrogens is 1. The average Bonchev–Trinajstić information content (AvgIpc) is 2.54. The van der Waals surface area contributed by atoms with E-state index in [1.807, 2.05) is 0 Å². The number of nitrogens with zero attached hydrogens (tertiary/aromatic N) is 1. The quantitative estimate of drug-likeness (QED) is 0.191. The van der Waals surface area contributed by atoms with Crippen molar-refractivity contribution in [3.05, 3.63) is 0 Å². The minimum atomic E-state index is -3.91. The van der Waals surface area contributed by atoms with Crippen LogP contribution in [-0.4, -0.2) is 50.9 Å². The molecular weight excluding hydrogens is 346 g/mol. The summed E-state index contributed by atoms with van der Waals surface area (Å²) >= 11 is 0. The van der Waals surface area contributed by atoms with Crippen molar-refractivity contribution in [2.24, 2.45) is 0 Å². The van der Waals surface area contributed by atoms with Gasteiger partial charge in [0, 0.05) is 5.75 Å². The molecule has 0 atom stereocenters. The predicted molar refractivity (Wildman–Crippen MR) is 113 cm³/mol. The second-order valence-corrected chi connectivity index (χ2v) is 10.1. The van der Waals surface area contributed by atoms with E-state index in [9.17, 15) is 13.0 Å². The van der Waals surface area contributed by atoms with Crippen LogP contribution < -0.4 is 0 Å². The van der Waals surface area contributed by atoms with E-state index in [0.717, 1.165) is 4.48 Å². The molecular formula is C21H47NO3S. The summed E-state index contributed by atoms with van der Waals surface area (Å²) in [6, 6.07) is 0. The molecule has 0 bridgehead atoms. The van der Waals surface area contributed by atoms with Crippen molar-refractivity contribution >= 4 is 10.1 Å². The van der Waals surface area contributed by atoms with E-state index in [4.69, 9.17) is 0 Å². The largest absolute Gasteiger partial charge is 0.748 e. The van der Waals surface area contributed by atoms with Crippen LogP contribution in [0.2, 0.25) is 0 Å². The van der Waals surface area contributed by atoms with Crippen LogP contribution in [0.5, 0.6) is 0 Å². The van der Waals surface area contributed by atoms with E-state index in [1.54, 1.807) is 0 Å². The molecule has 0 aromatic carbocycles. The van der Waals surface area contributed by atoms with Crippen LogP contribution in [0.3, 0.4) is 0 Å². The molecule has 0 aliphatic heterocycles. The fraction of sp³-hybridized carbons (Fsp3) is 1.00. The first-order valence-electron chi connectivity index (χ1n) is 10.9. The SMILES string of the molecule is CCCCCCCCCCCCCCCC[N+](C)(C)C.CCS(=O)(=O)[O-]. The lowest BCUT2D eigenvalue weighted by atomic mass is 10.0. The molecule has 0 aliphatic carbocycles. The van der Waals surface area contributed by atoms with Crippen LogP contribution in [-0.2, 0) is 10.1 Å². The molecule has 0 saturated carbocycles. The Balaban J connectivity index is 0. The zero-order valence-electron chi connectivity index (χ0n) is 18.4. The summed E-state index contributed by atoms with van der Waals surface area (Å²) in [7, 11) is 2.97. The average molecular weight is 394 g/mol. The van der Waals surface area contributed by atoms with Gasteiger partial charge in [0.25, 0.3) is 0 Å². The van der Waals surface area contributed by atoms with Crippen LogP contribution >= 0.6 is 0 Å². The van der Waals surface area contributed by atoms with Crippen molar-refractivity contribution < 1.29 is 17.5 Å². The molecule has 0 fully saturated rings. The minimum Gasteiger partial charge on any atom is -0.748 e. The lowest BCUT2D eigenvalue weighted by Gasteiger charge is -2.23. The van der Waals surface area contributed by atoms with E-state index >= 15 is 0 Å². The van der Waals surface area contributed by atoms with Gasteiger partial charge in [0.15, 0.2) is 0 Å². The van der Waals surface area contributed by atoms with E-state index in [2.05, 4.69) is 28.1 Å². The standard InChI is InChI=1S/C19H42N.C2H6O3S/c1-5-6-7-8-9-10-11-12-13-14-15-16-17-18-19-20(2,3)4;1-2-6(3,4)5/h5-19H2,1-4H3;2H2,1H3,(H,3,4,5)/q+1;/p-1. The van der Waals surface area contributed by atoms with Gasteiger partial charge in [0.1, 0.15) is 0 Å². The number of rotatable bonds is 16. The maximum Gasteiger partial charge on any atom is 0.0943 e. The van der Waals surface area contributed by atoms with Gasteiger partial charge in [-0.25, -0.2) is 8.42 Å². The van der Waals surface area contributed by atoms with Crippen LogP contribution in [0.15, 0.2) is 0 Å². The lowest BCUT2D eigenvalue weighted by molar-refractivity contribution is -0.870. The van der Waals surface area contributed by atoms with Gasteiger partial charge >= 0.3 is 0 Å². The molecule has 0 amide bonds. The van der Waals surface area contributed by atoms with E-state index < -0.39 is 10.1 Å². The highest BCUT2D eigenvalue weighted by Gasteiger charge is 2.04. The van der Waals surface area contributed by atoms with E-state index in [1.165, 1.54) is 103 Å². The molecule has 0 radical (unpaired) electrons. The van der Waals surface area contributed by atoms with Gasteiger partial charge in [-0.1, -0.05) is 90.9 Å². The molecule has 0 aliphatic rings. The first-order valence-corrected chi connectivity index (χ1v) is 12.4. The third kappa shape index (κ3) is 31.6. The summed E-state index contributed by atoms with van der Waals surface area (Å²) in [4.78, 5) is 0. The Morgan fingerprint density at radius 1 is 0.615 bits per heavy atom. The Bertz CT molecular complexity index is 375. The topological polar surface area (TPSA) is 57.2 Å². The van der Waals surface area contributed by atoms with Gasteiger partial charge in [0.05, 0.1) is 37.8 Å². The molecule has 5 heteroatoms. The van der Waals surface area contributed by atoms with Crippen molar-refractivity contribution in [2.45, 2.75) is 104 Å². The van der Waals surface area contributed by atoms with Gasteiger partial charge in [-0.3, -0.25) is 0 Å². The number of hydrogen-bond acceptors (Lipinski definition) is 3. The predicted octanol–water partition coefficient (Wildman–Crippen LogP) is 5.73. The molecule has 0 aromatic heterocycles. The zero-order chi connectivity index (χ0) is 20.3. The first kappa shape index (κ1) is 28.1. The zero-order valence-corrected chi connectivity index (χ0v) is 19.2. The molecule has 0 N–H and O–H groups in total. The smallest absolute Gasteiger partial charge is 0.0943 e. The third-order valence-electron chi connectivity index (χ3n) is 4.54. The summed E-state index contributed by atoms with van der Waals surface area (Å²) in [5.74, 6) is -0.312. The van der Waals surface area contributed by atoms with Crippen molar-refractivity contribution in [3.63, 3.8) is 0 Å². The highest BCUT2D eigenvalue weighted by molar-refractivity contribution is 7.85. The number of hydrogen-bond donors (Lipinski definition) is 0. The fourth-order valence-corrected chi connectivity index (χ4v) is 2.78. The molecule has 26 heavy (non-hydrogen) atoms. The fourth-order valence-electron chi connectivity index (χ4n) is 2.78. The monoisotopic (exact) mass is 393 g/mol. The van der Waals surface area contributed by atoms with Crippen molar-refractivity contribution in [1.82, 2.24) is 0 Å². The second kappa shape index (κ2) is 18.2. The number of unbranched alkanes of at least 4 members (excludes halogenated alkanes) is 13. The first-order chi connectivity index (χ1) is 12.1. The molecule has 0 saturated heterocycles.